The number of nitrogens with one attached hydrogen (secondary N) is 3. The average Bonchev–Trinajstić information content (AvgIpc) is 2.87. The van der Waals surface area contributed by atoms with Crippen molar-refractivity contribution in [3.63, 3.8) is 0 Å². The van der Waals surface area contributed by atoms with Crippen LogP contribution in [-0.4, -0.2) is 27.6 Å². The van der Waals surface area contributed by atoms with Crippen LogP contribution in [0.25, 0.3) is 11.1 Å². The van der Waals surface area contributed by atoms with E-state index in [1.165, 1.54) is 12.1 Å². The predicted octanol–water partition coefficient (Wildman–Crippen LogP) is 0.177. The summed E-state index contributed by atoms with van der Waals surface area (Å²) in [6.07, 6.45) is 0.582. The van der Waals surface area contributed by atoms with E-state index in [1.807, 2.05) is 6.07 Å². The summed E-state index contributed by atoms with van der Waals surface area (Å²) in [7, 11) is 0. The molecule has 0 saturated carbocycles. The number of H-pyrrole nitrogens is 2. The smallest absolute Gasteiger partial charge is 0.408 e. The van der Waals surface area contributed by atoms with Crippen LogP contribution in [0.1, 0.15) is 16.1 Å². The first-order chi connectivity index (χ1) is 10.6. The third-order valence-electron chi connectivity index (χ3n) is 3.09. The molecule has 3 rings (SSSR count). The summed E-state index contributed by atoms with van der Waals surface area (Å²) in [6, 6.07) is 7.92. The number of aromatic amines is 2. The SMILES string of the molecule is O=C(NCCc1ccc2oc(=O)[nH]c2c1)c1ccc(=O)[nH]n1. The molecule has 0 atom stereocenters. The maximum Gasteiger partial charge on any atom is 0.417 e. The summed E-state index contributed by atoms with van der Waals surface area (Å²) in [6.45, 7) is 0.396. The van der Waals surface area contributed by atoms with E-state index >= 15 is 0 Å². The van der Waals surface area contributed by atoms with Crippen molar-refractivity contribution < 1.29 is 9.21 Å². The zero-order valence-electron chi connectivity index (χ0n) is 11.4. The Hall–Kier alpha value is -3.16. The highest BCUT2D eigenvalue weighted by atomic mass is 16.4. The van der Waals surface area contributed by atoms with Gasteiger partial charge in [-0.2, -0.15) is 5.10 Å². The number of carbonyl (C=O) groups excluding carboxylic acids is 1. The van der Waals surface area contributed by atoms with E-state index in [9.17, 15) is 14.4 Å². The van der Waals surface area contributed by atoms with Gasteiger partial charge in [0.2, 0.25) is 0 Å². The highest BCUT2D eigenvalue weighted by Gasteiger charge is 2.07. The Kier molecular flexibility index (Phi) is 3.57. The molecule has 0 saturated heterocycles. The molecule has 0 radical (unpaired) electrons. The zero-order valence-corrected chi connectivity index (χ0v) is 11.4. The van der Waals surface area contributed by atoms with Gasteiger partial charge in [-0.3, -0.25) is 14.6 Å². The van der Waals surface area contributed by atoms with Crippen LogP contribution in [-0.2, 0) is 6.42 Å². The van der Waals surface area contributed by atoms with Gasteiger partial charge >= 0.3 is 5.76 Å². The molecule has 0 bridgehead atoms. The van der Waals surface area contributed by atoms with Crippen molar-refractivity contribution in [1.82, 2.24) is 20.5 Å². The first kappa shape index (κ1) is 13.8. The van der Waals surface area contributed by atoms with Gasteiger partial charge in [-0.25, -0.2) is 9.89 Å². The van der Waals surface area contributed by atoms with Gasteiger partial charge in [0.05, 0.1) is 5.52 Å². The molecule has 22 heavy (non-hydrogen) atoms. The second-order valence-electron chi connectivity index (χ2n) is 4.66. The minimum Gasteiger partial charge on any atom is -0.408 e. The number of benzene rings is 1. The van der Waals surface area contributed by atoms with Gasteiger partial charge in [-0.05, 0) is 30.2 Å². The molecule has 0 spiro atoms. The van der Waals surface area contributed by atoms with Crippen LogP contribution in [0.5, 0.6) is 0 Å². The minimum atomic E-state index is -0.496. The molecule has 0 fully saturated rings. The molecule has 1 amide bonds. The van der Waals surface area contributed by atoms with Crippen molar-refractivity contribution in [1.29, 1.82) is 0 Å². The molecule has 1 aromatic carbocycles. The number of rotatable bonds is 4. The molecule has 0 aliphatic carbocycles. The number of amides is 1. The lowest BCUT2D eigenvalue weighted by Crippen LogP contribution is -2.27. The summed E-state index contributed by atoms with van der Waals surface area (Å²) in [5.41, 5.74) is 1.85. The fraction of sp³-hybridized carbons (Fsp3) is 0.143. The van der Waals surface area contributed by atoms with E-state index in [4.69, 9.17) is 4.42 Å². The first-order valence-corrected chi connectivity index (χ1v) is 6.57. The quantitative estimate of drug-likeness (QED) is 0.634. The molecule has 2 heterocycles. The Morgan fingerprint density at radius 1 is 1.23 bits per heavy atom. The van der Waals surface area contributed by atoms with Gasteiger partial charge in [-0.1, -0.05) is 6.07 Å². The second-order valence-corrected chi connectivity index (χ2v) is 4.66. The van der Waals surface area contributed by atoms with Crippen LogP contribution in [0.2, 0.25) is 0 Å². The maximum absolute atomic E-state index is 11.8. The van der Waals surface area contributed by atoms with Gasteiger partial charge in [0.15, 0.2) is 5.58 Å². The highest BCUT2D eigenvalue weighted by Crippen LogP contribution is 2.12. The lowest BCUT2D eigenvalue weighted by Gasteiger charge is -2.04. The first-order valence-electron chi connectivity index (χ1n) is 6.57. The standard InChI is InChI=1S/C14H12N4O4/c19-12-4-2-9(17-18-12)13(20)15-6-5-8-1-3-11-10(7-8)16-14(21)22-11/h1-4,7H,5-6H2,(H,15,20)(H,16,21)(H,18,19). The van der Waals surface area contributed by atoms with Crippen LogP contribution in [0.4, 0.5) is 0 Å². The summed E-state index contributed by atoms with van der Waals surface area (Å²) >= 11 is 0. The normalized spacial score (nSPS) is 10.7. The lowest BCUT2D eigenvalue weighted by molar-refractivity contribution is 0.0948. The fourth-order valence-electron chi connectivity index (χ4n) is 2.04. The Bertz CT molecular complexity index is 917. The molecule has 3 aromatic rings. The van der Waals surface area contributed by atoms with Crippen LogP contribution < -0.4 is 16.6 Å². The fourth-order valence-corrected chi connectivity index (χ4v) is 2.04. The van der Waals surface area contributed by atoms with Crippen LogP contribution >= 0.6 is 0 Å². The van der Waals surface area contributed by atoms with Gasteiger partial charge in [0, 0.05) is 12.6 Å². The summed E-state index contributed by atoms with van der Waals surface area (Å²) in [5.74, 6) is -0.862. The number of hydrogen-bond acceptors (Lipinski definition) is 5. The molecule has 8 heteroatoms. The van der Waals surface area contributed by atoms with Gasteiger partial charge in [0.25, 0.3) is 11.5 Å². The van der Waals surface area contributed by atoms with E-state index in [-0.39, 0.29) is 17.2 Å². The van der Waals surface area contributed by atoms with E-state index in [0.29, 0.717) is 24.1 Å². The molecule has 0 aliphatic rings. The van der Waals surface area contributed by atoms with Crippen LogP contribution in [0.15, 0.2) is 44.3 Å². The molecule has 3 N–H and O–H groups in total. The molecule has 0 aliphatic heterocycles. The van der Waals surface area contributed by atoms with Crippen molar-refractivity contribution in [3.8, 4) is 0 Å². The Labute approximate surface area is 123 Å². The molecular formula is C14H12N4O4. The Morgan fingerprint density at radius 3 is 2.86 bits per heavy atom. The van der Waals surface area contributed by atoms with E-state index < -0.39 is 5.76 Å². The van der Waals surface area contributed by atoms with E-state index in [1.54, 1.807) is 12.1 Å². The third-order valence-corrected chi connectivity index (χ3v) is 3.09. The van der Waals surface area contributed by atoms with Crippen molar-refractivity contribution in [2.45, 2.75) is 6.42 Å². The number of nitrogens with zero attached hydrogens (tertiary/aromatic N) is 1. The van der Waals surface area contributed by atoms with Crippen LogP contribution in [0, 0.1) is 0 Å². The predicted molar refractivity (Wildman–Crippen MR) is 77.7 cm³/mol. The molecule has 2 aromatic heterocycles. The Morgan fingerprint density at radius 2 is 2.09 bits per heavy atom. The minimum absolute atomic E-state index is 0.147. The number of carbonyl (C=O) groups is 1. The number of fused-ring (bicyclic) bond motifs is 1. The van der Waals surface area contributed by atoms with Gasteiger partial charge in [-0.15, -0.1) is 0 Å². The summed E-state index contributed by atoms with van der Waals surface area (Å²) in [5, 5.41) is 8.55. The number of hydrogen-bond donors (Lipinski definition) is 3. The average molecular weight is 300 g/mol. The monoisotopic (exact) mass is 300 g/mol. The highest BCUT2D eigenvalue weighted by molar-refractivity contribution is 5.91. The lowest BCUT2D eigenvalue weighted by atomic mass is 10.1. The van der Waals surface area contributed by atoms with Gasteiger partial charge in [0.1, 0.15) is 5.69 Å². The zero-order chi connectivity index (χ0) is 15.5. The maximum atomic E-state index is 11.8. The van der Waals surface area contributed by atoms with Crippen molar-refractivity contribution in [2.24, 2.45) is 0 Å². The van der Waals surface area contributed by atoms with Crippen LogP contribution in [0.3, 0.4) is 0 Å². The van der Waals surface area contributed by atoms with Gasteiger partial charge < -0.3 is 9.73 Å². The largest absolute Gasteiger partial charge is 0.417 e. The summed E-state index contributed by atoms with van der Waals surface area (Å²) in [4.78, 5) is 36.3. The Balaban J connectivity index is 1.61. The van der Waals surface area contributed by atoms with E-state index in [2.05, 4.69) is 20.5 Å². The molecular weight excluding hydrogens is 288 g/mol. The molecule has 112 valence electrons. The molecule has 8 nitrogen and oxygen atoms in total. The van der Waals surface area contributed by atoms with Crippen molar-refractivity contribution in [2.75, 3.05) is 6.54 Å². The molecule has 0 unspecified atom stereocenters. The topological polar surface area (TPSA) is 121 Å². The van der Waals surface area contributed by atoms with E-state index in [0.717, 1.165) is 5.56 Å². The number of oxazole rings is 1. The summed E-state index contributed by atoms with van der Waals surface area (Å²) < 4.78 is 4.91. The van der Waals surface area contributed by atoms with Crippen molar-refractivity contribution in [3.05, 3.63) is 62.5 Å². The third kappa shape index (κ3) is 2.95. The van der Waals surface area contributed by atoms with Crippen molar-refractivity contribution >= 4 is 17.0 Å². The number of aromatic nitrogens is 3. The second kappa shape index (κ2) is 5.68.